The predicted octanol–water partition coefficient (Wildman–Crippen LogP) is 2.67. The number of hydrogen-bond donors (Lipinski definition) is 3. The van der Waals surface area contributed by atoms with Gasteiger partial charge in [-0.2, -0.15) is 13.2 Å². The number of nitrogens with zero attached hydrogens (tertiary/aromatic N) is 1. The van der Waals surface area contributed by atoms with Crippen LogP contribution in [0.5, 0.6) is 0 Å². The summed E-state index contributed by atoms with van der Waals surface area (Å²) in [4.78, 5) is 6.88. The van der Waals surface area contributed by atoms with E-state index in [1.807, 2.05) is 0 Å². The Balaban J connectivity index is 2.07. The molecule has 0 atom stereocenters. The van der Waals surface area contributed by atoms with E-state index in [0.29, 0.717) is 13.0 Å². The van der Waals surface area contributed by atoms with Gasteiger partial charge in [0, 0.05) is 36.7 Å². The Morgan fingerprint density at radius 1 is 1.32 bits per heavy atom. The molecule has 2 rings (SSSR count). The van der Waals surface area contributed by atoms with Crippen LogP contribution in [0, 0.1) is 0 Å². The molecule has 0 fully saturated rings. The van der Waals surface area contributed by atoms with Gasteiger partial charge in [-0.1, -0.05) is 0 Å². The van der Waals surface area contributed by atoms with Gasteiger partial charge in [-0.05, 0) is 18.2 Å². The van der Waals surface area contributed by atoms with Crippen molar-refractivity contribution in [3.63, 3.8) is 0 Å². The van der Waals surface area contributed by atoms with Crippen molar-refractivity contribution in [2.75, 3.05) is 17.6 Å². The molecule has 0 aliphatic heterocycles. The molecule has 2 aromatic rings. The number of nitrogens with one attached hydrogen (secondary N) is 2. The van der Waals surface area contributed by atoms with Crippen molar-refractivity contribution in [2.45, 2.75) is 12.6 Å². The molecule has 1 heterocycles. The number of hydrogen-bond acceptors (Lipinski definition) is 3. The van der Waals surface area contributed by atoms with Crippen molar-refractivity contribution in [3.05, 3.63) is 42.0 Å². The molecule has 0 amide bonds. The normalized spacial score (nSPS) is 11.5. The van der Waals surface area contributed by atoms with E-state index in [-0.39, 0.29) is 11.4 Å². The predicted molar refractivity (Wildman–Crippen MR) is 66.6 cm³/mol. The zero-order valence-corrected chi connectivity index (χ0v) is 9.96. The summed E-state index contributed by atoms with van der Waals surface area (Å²) < 4.78 is 38.4. The smallest absolute Gasteiger partial charge is 0.399 e. The quantitative estimate of drug-likeness (QED) is 0.748. The number of nitrogens with two attached hydrogens (primary N) is 1. The Morgan fingerprint density at radius 3 is 2.74 bits per heavy atom. The number of benzene rings is 1. The summed E-state index contributed by atoms with van der Waals surface area (Å²) in [6.07, 6.45) is -0.656. The lowest BCUT2D eigenvalue weighted by Gasteiger charge is -2.14. The third-order valence-electron chi connectivity index (χ3n) is 2.58. The molecule has 0 radical (unpaired) electrons. The molecule has 4 N–H and O–H groups in total. The second-order valence-corrected chi connectivity index (χ2v) is 4.02. The molecule has 0 saturated carbocycles. The topological polar surface area (TPSA) is 66.7 Å². The average Bonchev–Trinajstić information content (AvgIpc) is 2.83. The van der Waals surface area contributed by atoms with E-state index in [1.165, 1.54) is 12.1 Å². The highest BCUT2D eigenvalue weighted by Crippen LogP contribution is 2.35. The first kappa shape index (κ1) is 13.3. The number of nitrogen functional groups attached to an aromatic ring is 1. The molecule has 19 heavy (non-hydrogen) atoms. The Morgan fingerprint density at radius 2 is 2.11 bits per heavy atom. The Labute approximate surface area is 107 Å². The van der Waals surface area contributed by atoms with Gasteiger partial charge in [-0.3, -0.25) is 0 Å². The number of halogens is 3. The van der Waals surface area contributed by atoms with Gasteiger partial charge < -0.3 is 16.0 Å². The van der Waals surface area contributed by atoms with Crippen molar-refractivity contribution in [1.82, 2.24) is 9.97 Å². The van der Waals surface area contributed by atoms with Crippen LogP contribution in [0.2, 0.25) is 0 Å². The first-order valence-electron chi connectivity index (χ1n) is 5.65. The number of anilines is 2. The zero-order chi connectivity index (χ0) is 13.9. The molecule has 102 valence electrons. The molecule has 7 heteroatoms. The first-order chi connectivity index (χ1) is 8.97. The maximum atomic E-state index is 12.8. The maximum Gasteiger partial charge on any atom is 0.418 e. The van der Waals surface area contributed by atoms with E-state index in [1.54, 1.807) is 12.4 Å². The van der Waals surface area contributed by atoms with Crippen LogP contribution in [-0.2, 0) is 12.6 Å². The van der Waals surface area contributed by atoms with Gasteiger partial charge in [0.1, 0.15) is 5.82 Å². The summed E-state index contributed by atoms with van der Waals surface area (Å²) in [5, 5.41) is 2.75. The molecule has 0 aliphatic carbocycles. The van der Waals surface area contributed by atoms with Crippen LogP contribution >= 0.6 is 0 Å². The van der Waals surface area contributed by atoms with Crippen molar-refractivity contribution >= 4 is 11.4 Å². The SMILES string of the molecule is Nc1ccc(NCCc2ncc[nH]2)c(C(F)(F)F)c1. The highest BCUT2D eigenvalue weighted by molar-refractivity contribution is 5.59. The molecular weight excluding hydrogens is 257 g/mol. The van der Waals surface area contributed by atoms with Crippen molar-refractivity contribution in [2.24, 2.45) is 0 Å². The largest absolute Gasteiger partial charge is 0.418 e. The molecule has 1 aromatic carbocycles. The minimum atomic E-state index is -4.43. The maximum absolute atomic E-state index is 12.8. The van der Waals surface area contributed by atoms with Crippen LogP contribution < -0.4 is 11.1 Å². The van der Waals surface area contributed by atoms with Crippen LogP contribution in [0.1, 0.15) is 11.4 Å². The highest BCUT2D eigenvalue weighted by Gasteiger charge is 2.33. The Kier molecular flexibility index (Phi) is 3.64. The molecule has 0 spiro atoms. The van der Waals surface area contributed by atoms with Crippen LogP contribution in [0.3, 0.4) is 0 Å². The molecule has 0 unspecified atom stereocenters. The fourth-order valence-corrected chi connectivity index (χ4v) is 1.70. The van der Waals surface area contributed by atoms with Crippen LogP contribution in [0.25, 0.3) is 0 Å². The number of aromatic amines is 1. The van der Waals surface area contributed by atoms with E-state index in [0.717, 1.165) is 11.9 Å². The molecule has 4 nitrogen and oxygen atoms in total. The fourth-order valence-electron chi connectivity index (χ4n) is 1.70. The van der Waals surface area contributed by atoms with E-state index in [4.69, 9.17) is 5.73 Å². The average molecular weight is 270 g/mol. The summed E-state index contributed by atoms with van der Waals surface area (Å²) in [6.45, 7) is 0.348. The number of alkyl halides is 3. The van der Waals surface area contributed by atoms with Gasteiger partial charge in [-0.15, -0.1) is 0 Å². The summed E-state index contributed by atoms with van der Waals surface area (Å²) in [5.41, 5.74) is 4.74. The zero-order valence-electron chi connectivity index (χ0n) is 9.96. The van der Waals surface area contributed by atoms with Gasteiger partial charge >= 0.3 is 6.18 Å². The lowest BCUT2D eigenvalue weighted by atomic mass is 10.1. The summed E-state index contributed by atoms with van der Waals surface area (Å²) in [5.74, 6) is 0.719. The Bertz CT molecular complexity index is 534. The lowest BCUT2D eigenvalue weighted by Crippen LogP contribution is -2.13. The van der Waals surface area contributed by atoms with Gasteiger partial charge in [0.15, 0.2) is 0 Å². The molecular formula is C12H13F3N4. The van der Waals surface area contributed by atoms with Crippen molar-refractivity contribution in [1.29, 1.82) is 0 Å². The highest BCUT2D eigenvalue weighted by atomic mass is 19.4. The van der Waals surface area contributed by atoms with Crippen LogP contribution in [0.4, 0.5) is 24.5 Å². The minimum Gasteiger partial charge on any atom is -0.399 e. The van der Waals surface area contributed by atoms with E-state index in [2.05, 4.69) is 15.3 Å². The van der Waals surface area contributed by atoms with Gasteiger partial charge in [0.2, 0.25) is 0 Å². The summed E-state index contributed by atoms with van der Waals surface area (Å²) in [6, 6.07) is 3.69. The standard InChI is InChI=1S/C12H13F3N4/c13-12(14,15)9-7-8(16)1-2-10(9)17-4-3-11-18-5-6-19-11/h1-2,5-7,17H,3-4,16H2,(H,18,19). The molecule has 0 bridgehead atoms. The molecule has 1 aromatic heterocycles. The van der Waals surface area contributed by atoms with E-state index in [9.17, 15) is 13.2 Å². The minimum absolute atomic E-state index is 0.0215. The monoisotopic (exact) mass is 270 g/mol. The van der Waals surface area contributed by atoms with Gasteiger partial charge in [0.05, 0.1) is 5.56 Å². The third kappa shape index (κ3) is 3.40. The van der Waals surface area contributed by atoms with Crippen molar-refractivity contribution in [3.8, 4) is 0 Å². The van der Waals surface area contributed by atoms with Crippen molar-refractivity contribution < 1.29 is 13.2 Å². The lowest BCUT2D eigenvalue weighted by molar-refractivity contribution is -0.136. The number of rotatable bonds is 4. The molecule has 0 aliphatic rings. The van der Waals surface area contributed by atoms with Gasteiger partial charge in [-0.25, -0.2) is 4.98 Å². The summed E-state index contributed by atoms with van der Waals surface area (Å²) >= 11 is 0. The Hall–Kier alpha value is -2.18. The number of H-pyrrole nitrogens is 1. The van der Waals surface area contributed by atoms with Gasteiger partial charge in [0.25, 0.3) is 0 Å². The first-order valence-corrected chi connectivity index (χ1v) is 5.65. The van der Waals surface area contributed by atoms with Crippen LogP contribution in [0.15, 0.2) is 30.6 Å². The van der Waals surface area contributed by atoms with Crippen LogP contribution in [-0.4, -0.2) is 16.5 Å². The third-order valence-corrected chi connectivity index (χ3v) is 2.58. The fraction of sp³-hybridized carbons (Fsp3) is 0.250. The number of aromatic nitrogens is 2. The number of imidazole rings is 1. The summed E-state index contributed by atoms with van der Waals surface area (Å²) in [7, 11) is 0. The van der Waals surface area contributed by atoms with E-state index < -0.39 is 11.7 Å². The van der Waals surface area contributed by atoms with E-state index >= 15 is 0 Å². The second kappa shape index (κ2) is 5.21. The second-order valence-electron chi connectivity index (χ2n) is 4.02. The molecule has 0 saturated heterocycles.